The molecule has 1 unspecified atom stereocenters. The Morgan fingerprint density at radius 1 is 1.00 bits per heavy atom. The molecular formula is C14H13F2NOS. The zero-order chi connectivity index (χ0) is 13.8. The first-order valence-corrected chi connectivity index (χ1v) is 7.03. The Morgan fingerprint density at radius 3 is 2.21 bits per heavy atom. The molecule has 0 aliphatic rings. The molecule has 0 bridgehead atoms. The van der Waals surface area contributed by atoms with Crippen LogP contribution in [-0.4, -0.2) is 4.21 Å². The van der Waals surface area contributed by atoms with Crippen molar-refractivity contribution in [1.82, 2.24) is 0 Å². The third-order valence-electron chi connectivity index (χ3n) is 2.70. The molecule has 2 rings (SSSR count). The average molecular weight is 281 g/mol. The van der Waals surface area contributed by atoms with E-state index in [9.17, 15) is 13.0 Å². The van der Waals surface area contributed by atoms with Gasteiger partial charge in [-0.05, 0) is 23.3 Å². The molecule has 0 aromatic heterocycles. The second-order valence-electron chi connectivity index (χ2n) is 4.09. The van der Waals surface area contributed by atoms with Crippen LogP contribution >= 0.6 is 0 Å². The van der Waals surface area contributed by atoms with Crippen LogP contribution in [0.4, 0.5) is 8.78 Å². The van der Waals surface area contributed by atoms with Gasteiger partial charge in [0.15, 0.2) is 0 Å². The fourth-order valence-corrected chi connectivity index (χ4v) is 2.81. The molecular weight excluding hydrogens is 268 g/mol. The zero-order valence-corrected chi connectivity index (χ0v) is 10.9. The van der Waals surface area contributed by atoms with Gasteiger partial charge in [0, 0.05) is 12.6 Å². The lowest BCUT2D eigenvalue weighted by Gasteiger charge is -2.05. The van der Waals surface area contributed by atoms with Crippen LogP contribution < -0.4 is 5.73 Å². The van der Waals surface area contributed by atoms with Gasteiger partial charge in [0.1, 0.15) is 11.6 Å². The standard InChI is InChI=1S/C14H13F2NOS/c15-12-5-6-14(13(16)7-12)19(18)9-11-3-1-10(8-17)2-4-11/h1-7H,8-9,17H2. The first-order chi connectivity index (χ1) is 9.10. The fourth-order valence-electron chi connectivity index (χ4n) is 1.66. The smallest absolute Gasteiger partial charge is 0.142 e. The summed E-state index contributed by atoms with van der Waals surface area (Å²) in [5.41, 5.74) is 7.27. The molecule has 0 amide bonds. The van der Waals surface area contributed by atoms with Crippen molar-refractivity contribution in [1.29, 1.82) is 0 Å². The summed E-state index contributed by atoms with van der Waals surface area (Å²) in [5, 5.41) is 0. The highest BCUT2D eigenvalue weighted by Crippen LogP contribution is 2.17. The van der Waals surface area contributed by atoms with Crippen LogP contribution in [0.2, 0.25) is 0 Å². The Morgan fingerprint density at radius 2 is 1.63 bits per heavy atom. The lowest BCUT2D eigenvalue weighted by Crippen LogP contribution is -2.01. The topological polar surface area (TPSA) is 43.1 Å². The monoisotopic (exact) mass is 281 g/mol. The van der Waals surface area contributed by atoms with E-state index >= 15 is 0 Å². The number of hydrogen-bond donors (Lipinski definition) is 1. The number of benzene rings is 2. The van der Waals surface area contributed by atoms with E-state index in [4.69, 9.17) is 5.73 Å². The summed E-state index contributed by atoms with van der Waals surface area (Å²) in [6.45, 7) is 0.440. The van der Waals surface area contributed by atoms with Crippen LogP contribution in [-0.2, 0) is 23.1 Å². The number of hydrogen-bond acceptors (Lipinski definition) is 2. The van der Waals surface area contributed by atoms with Crippen molar-refractivity contribution in [2.24, 2.45) is 5.73 Å². The van der Waals surface area contributed by atoms with E-state index in [1.807, 2.05) is 24.3 Å². The van der Waals surface area contributed by atoms with Crippen molar-refractivity contribution in [3.05, 3.63) is 65.2 Å². The Bertz CT molecular complexity index is 599. The molecule has 0 saturated carbocycles. The van der Waals surface area contributed by atoms with Crippen molar-refractivity contribution >= 4 is 10.8 Å². The number of rotatable bonds is 4. The van der Waals surface area contributed by atoms with Crippen LogP contribution in [0.15, 0.2) is 47.4 Å². The third-order valence-corrected chi connectivity index (χ3v) is 4.11. The predicted octanol–water partition coefficient (Wildman–Crippen LogP) is 2.73. The van der Waals surface area contributed by atoms with Crippen molar-refractivity contribution < 1.29 is 13.0 Å². The molecule has 0 fully saturated rings. The second kappa shape index (κ2) is 6.04. The van der Waals surface area contributed by atoms with Crippen molar-refractivity contribution in [3.63, 3.8) is 0 Å². The molecule has 0 aliphatic heterocycles. The van der Waals surface area contributed by atoms with Gasteiger partial charge < -0.3 is 5.73 Å². The van der Waals surface area contributed by atoms with Gasteiger partial charge in [-0.1, -0.05) is 24.3 Å². The lowest BCUT2D eigenvalue weighted by molar-refractivity contribution is 0.562. The first-order valence-electron chi connectivity index (χ1n) is 5.71. The third kappa shape index (κ3) is 3.45. The van der Waals surface area contributed by atoms with Gasteiger partial charge in [-0.2, -0.15) is 0 Å². The Balaban J connectivity index is 2.15. The Labute approximate surface area is 112 Å². The maximum atomic E-state index is 13.5. The van der Waals surface area contributed by atoms with Crippen LogP contribution in [0.1, 0.15) is 11.1 Å². The highest BCUT2D eigenvalue weighted by Gasteiger charge is 2.11. The van der Waals surface area contributed by atoms with Gasteiger partial charge in [0.25, 0.3) is 0 Å². The predicted molar refractivity (Wildman–Crippen MR) is 70.8 cm³/mol. The maximum Gasteiger partial charge on any atom is 0.142 e. The van der Waals surface area contributed by atoms with Crippen LogP contribution in [0.25, 0.3) is 0 Å². The molecule has 1 atom stereocenters. The molecule has 0 saturated heterocycles. The van der Waals surface area contributed by atoms with E-state index < -0.39 is 22.4 Å². The summed E-state index contributed by atoms with van der Waals surface area (Å²) < 4.78 is 38.3. The van der Waals surface area contributed by atoms with Crippen LogP contribution in [0.3, 0.4) is 0 Å². The first kappa shape index (κ1) is 13.8. The maximum absolute atomic E-state index is 13.5. The Kier molecular flexibility index (Phi) is 4.39. The van der Waals surface area contributed by atoms with Crippen molar-refractivity contribution in [2.45, 2.75) is 17.2 Å². The second-order valence-corrected chi connectivity index (χ2v) is 5.50. The van der Waals surface area contributed by atoms with Crippen molar-refractivity contribution in [2.75, 3.05) is 0 Å². The van der Waals surface area contributed by atoms with Gasteiger partial charge in [0.05, 0.1) is 21.4 Å². The largest absolute Gasteiger partial charge is 0.326 e. The van der Waals surface area contributed by atoms with Gasteiger partial charge in [-0.15, -0.1) is 0 Å². The molecule has 0 aliphatic carbocycles. The highest BCUT2D eigenvalue weighted by molar-refractivity contribution is 7.84. The molecule has 2 aromatic carbocycles. The average Bonchev–Trinajstić information content (AvgIpc) is 2.39. The van der Waals surface area contributed by atoms with Gasteiger partial charge in [-0.25, -0.2) is 8.78 Å². The summed E-state index contributed by atoms with van der Waals surface area (Å²) in [7, 11) is -1.54. The Hall–Kier alpha value is -1.59. The fraction of sp³-hybridized carbons (Fsp3) is 0.143. The van der Waals surface area contributed by atoms with E-state index in [0.717, 1.165) is 23.3 Å². The molecule has 100 valence electrons. The molecule has 0 spiro atoms. The van der Waals surface area contributed by atoms with Crippen molar-refractivity contribution in [3.8, 4) is 0 Å². The molecule has 0 radical (unpaired) electrons. The lowest BCUT2D eigenvalue weighted by atomic mass is 10.1. The highest BCUT2D eigenvalue weighted by atomic mass is 32.2. The molecule has 2 N–H and O–H groups in total. The minimum Gasteiger partial charge on any atom is -0.326 e. The minimum atomic E-state index is -1.54. The number of nitrogens with two attached hydrogens (primary N) is 1. The summed E-state index contributed by atoms with van der Waals surface area (Å²) in [6, 6.07) is 10.4. The van der Waals surface area contributed by atoms with Crippen LogP contribution in [0.5, 0.6) is 0 Å². The molecule has 2 nitrogen and oxygen atoms in total. The van der Waals surface area contributed by atoms with E-state index in [1.54, 1.807) is 0 Å². The molecule has 5 heteroatoms. The number of halogens is 2. The van der Waals surface area contributed by atoms with Gasteiger partial charge >= 0.3 is 0 Å². The van der Waals surface area contributed by atoms with Gasteiger partial charge in [-0.3, -0.25) is 4.21 Å². The minimum absolute atomic E-state index is 0.0179. The summed E-state index contributed by atoms with van der Waals surface area (Å²) in [4.78, 5) is 0.0179. The van der Waals surface area contributed by atoms with Gasteiger partial charge in [0.2, 0.25) is 0 Å². The summed E-state index contributed by atoms with van der Waals surface area (Å²) in [5.74, 6) is -1.27. The quantitative estimate of drug-likeness (QED) is 0.936. The van der Waals surface area contributed by atoms with E-state index in [1.165, 1.54) is 6.07 Å². The SMILES string of the molecule is NCc1ccc(CS(=O)c2ccc(F)cc2F)cc1. The van der Waals surface area contributed by atoms with E-state index in [-0.39, 0.29) is 10.6 Å². The molecule has 2 aromatic rings. The van der Waals surface area contributed by atoms with E-state index in [2.05, 4.69) is 0 Å². The normalized spacial score (nSPS) is 12.4. The van der Waals surface area contributed by atoms with Crippen LogP contribution in [0, 0.1) is 11.6 Å². The van der Waals surface area contributed by atoms with E-state index in [0.29, 0.717) is 6.54 Å². The summed E-state index contributed by atoms with van der Waals surface area (Å²) in [6.07, 6.45) is 0. The molecule has 0 heterocycles. The summed E-state index contributed by atoms with van der Waals surface area (Å²) >= 11 is 0. The zero-order valence-electron chi connectivity index (χ0n) is 10.1. The molecule has 19 heavy (non-hydrogen) atoms.